The molecule has 0 spiro atoms. The van der Waals surface area contributed by atoms with Gasteiger partial charge in [0.2, 0.25) is 0 Å². The van der Waals surface area contributed by atoms with Crippen LogP contribution in [0.3, 0.4) is 0 Å². The predicted molar refractivity (Wildman–Crippen MR) is 74.2 cm³/mol. The van der Waals surface area contributed by atoms with Gasteiger partial charge >= 0.3 is 0 Å². The van der Waals surface area contributed by atoms with E-state index < -0.39 is 0 Å². The molecule has 0 aliphatic heterocycles. The van der Waals surface area contributed by atoms with Crippen LogP contribution in [0.15, 0.2) is 29.6 Å². The number of methoxy groups -OCH3 is 1. The zero-order valence-corrected chi connectivity index (χ0v) is 11.4. The summed E-state index contributed by atoms with van der Waals surface area (Å²) in [5.74, 6) is 0.818. The molecule has 0 aliphatic carbocycles. The molecule has 0 aliphatic rings. The average molecular weight is 272 g/mol. The lowest BCUT2D eigenvalue weighted by atomic mass is 10.1. The summed E-state index contributed by atoms with van der Waals surface area (Å²) in [6.45, 7) is 1.97. The number of aromatic amines is 1. The van der Waals surface area contributed by atoms with E-state index in [0.29, 0.717) is 0 Å². The zero-order valence-electron chi connectivity index (χ0n) is 10.5. The van der Waals surface area contributed by atoms with Crippen LogP contribution >= 0.6 is 11.3 Å². The smallest absolute Gasteiger partial charge is 0.149 e. The molecule has 5 nitrogen and oxygen atoms in total. The van der Waals surface area contributed by atoms with Gasteiger partial charge in [0.1, 0.15) is 22.1 Å². The van der Waals surface area contributed by atoms with Gasteiger partial charge in [-0.1, -0.05) is 0 Å². The summed E-state index contributed by atoms with van der Waals surface area (Å²) in [4.78, 5) is 4.44. The van der Waals surface area contributed by atoms with Crippen molar-refractivity contribution < 1.29 is 4.74 Å². The molecule has 2 heterocycles. The summed E-state index contributed by atoms with van der Waals surface area (Å²) in [6.07, 6.45) is 0. The van der Waals surface area contributed by atoms with Gasteiger partial charge in [0, 0.05) is 16.6 Å². The molecule has 1 N–H and O–H groups in total. The summed E-state index contributed by atoms with van der Waals surface area (Å²) < 4.78 is 5.15. The van der Waals surface area contributed by atoms with Crippen LogP contribution in [0.25, 0.3) is 22.0 Å². The van der Waals surface area contributed by atoms with Gasteiger partial charge in [-0.05, 0) is 31.2 Å². The normalized spacial score (nSPS) is 10.6. The highest BCUT2D eigenvalue weighted by Gasteiger charge is 2.15. The van der Waals surface area contributed by atoms with Gasteiger partial charge in [-0.25, -0.2) is 4.98 Å². The summed E-state index contributed by atoms with van der Waals surface area (Å²) in [5, 5.41) is 14.0. The summed E-state index contributed by atoms with van der Waals surface area (Å²) >= 11 is 1.57. The molecule has 0 atom stereocenters. The number of thiazole rings is 1. The van der Waals surface area contributed by atoms with Crippen molar-refractivity contribution in [2.24, 2.45) is 0 Å². The van der Waals surface area contributed by atoms with Gasteiger partial charge in [0.25, 0.3) is 0 Å². The Morgan fingerprint density at radius 2 is 1.84 bits per heavy atom. The van der Waals surface area contributed by atoms with Gasteiger partial charge in [-0.3, -0.25) is 0 Å². The number of aryl methyl sites for hydroxylation is 1. The number of aromatic nitrogens is 4. The molecule has 1 aromatic carbocycles. The molecule has 96 valence electrons. The lowest BCUT2D eigenvalue weighted by Gasteiger charge is -2.01. The van der Waals surface area contributed by atoms with Crippen LogP contribution in [-0.4, -0.2) is 27.5 Å². The monoisotopic (exact) mass is 272 g/mol. The number of rotatable bonds is 3. The Bertz CT molecular complexity index is 687. The molecule has 19 heavy (non-hydrogen) atoms. The number of ether oxygens (including phenoxy) is 1. The molecule has 0 saturated heterocycles. The van der Waals surface area contributed by atoms with Crippen molar-refractivity contribution in [1.82, 2.24) is 20.4 Å². The number of nitrogens with zero attached hydrogens (tertiary/aromatic N) is 3. The SMILES string of the molecule is COc1ccc(-c2n[nH]nc2-c2nc(C)cs2)cc1. The highest BCUT2D eigenvalue weighted by molar-refractivity contribution is 7.13. The van der Waals surface area contributed by atoms with E-state index in [1.54, 1.807) is 18.4 Å². The predicted octanol–water partition coefficient (Wildman–Crippen LogP) is 2.91. The van der Waals surface area contributed by atoms with Gasteiger partial charge in [-0.2, -0.15) is 15.4 Å². The summed E-state index contributed by atoms with van der Waals surface area (Å²) in [6, 6.07) is 7.73. The van der Waals surface area contributed by atoms with Crippen molar-refractivity contribution in [2.75, 3.05) is 7.11 Å². The van der Waals surface area contributed by atoms with Crippen LogP contribution in [0.5, 0.6) is 5.75 Å². The van der Waals surface area contributed by atoms with Crippen LogP contribution in [-0.2, 0) is 0 Å². The molecule has 0 amide bonds. The van der Waals surface area contributed by atoms with Crippen LogP contribution in [0.4, 0.5) is 0 Å². The number of hydrogen-bond acceptors (Lipinski definition) is 5. The first-order chi connectivity index (χ1) is 9.28. The summed E-state index contributed by atoms with van der Waals surface area (Å²) in [5.41, 5.74) is 3.56. The van der Waals surface area contributed by atoms with Crippen molar-refractivity contribution in [3.05, 3.63) is 35.3 Å². The van der Waals surface area contributed by atoms with Gasteiger partial charge in [0.05, 0.1) is 7.11 Å². The minimum Gasteiger partial charge on any atom is -0.497 e. The first kappa shape index (κ1) is 11.9. The van der Waals surface area contributed by atoms with E-state index in [9.17, 15) is 0 Å². The second-order valence-corrected chi connectivity index (χ2v) is 4.90. The molecule has 6 heteroatoms. The quantitative estimate of drug-likeness (QED) is 0.796. The standard InChI is InChI=1S/C13H12N4OS/c1-8-7-19-13(14-8)12-11(15-17-16-12)9-3-5-10(18-2)6-4-9/h3-7H,1-2H3,(H,15,16,17). The lowest BCUT2D eigenvalue weighted by Crippen LogP contribution is -1.85. The Labute approximate surface area is 114 Å². The van der Waals surface area contributed by atoms with E-state index in [1.165, 1.54) is 0 Å². The number of nitrogens with one attached hydrogen (secondary N) is 1. The Hall–Kier alpha value is -2.21. The Morgan fingerprint density at radius 1 is 1.11 bits per heavy atom. The topological polar surface area (TPSA) is 63.7 Å². The minimum atomic E-state index is 0.781. The number of benzene rings is 1. The molecule has 3 rings (SSSR count). The third-order valence-corrected chi connectivity index (χ3v) is 3.70. The van der Waals surface area contributed by atoms with Crippen LogP contribution in [0, 0.1) is 6.92 Å². The second-order valence-electron chi connectivity index (χ2n) is 4.04. The van der Waals surface area contributed by atoms with Gasteiger partial charge in [-0.15, -0.1) is 11.3 Å². The highest BCUT2D eigenvalue weighted by Crippen LogP contribution is 2.30. The fourth-order valence-electron chi connectivity index (χ4n) is 1.79. The first-order valence-electron chi connectivity index (χ1n) is 5.75. The van der Waals surface area contributed by atoms with Crippen molar-refractivity contribution in [2.45, 2.75) is 6.92 Å². The molecule has 0 bridgehead atoms. The second kappa shape index (κ2) is 4.81. The third-order valence-electron chi connectivity index (χ3n) is 2.73. The Balaban J connectivity index is 2.03. The van der Waals surface area contributed by atoms with Crippen molar-refractivity contribution >= 4 is 11.3 Å². The molecule has 0 saturated carbocycles. The maximum absolute atomic E-state index is 5.15. The van der Waals surface area contributed by atoms with E-state index >= 15 is 0 Å². The lowest BCUT2D eigenvalue weighted by molar-refractivity contribution is 0.415. The molecule has 0 fully saturated rings. The van der Waals surface area contributed by atoms with Gasteiger partial charge in [0.15, 0.2) is 0 Å². The maximum Gasteiger partial charge on any atom is 0.149 e. The van der Waals surface area contributed by atoms with E-state index in [2.05, 4.69) is 20.4 Å². The Morgan fingerprint density at radius 3 is 2.47 bits per heavy atom. The van der Waals surface area contributed by atoms with E-state index in [1.807, 2.05) is 36.6 Å². The summed E-state index contributed by atoms with van der Waals surface area (Å²) in [7, 11) is 1.65. The molecule has 3 aromatic rings. The van der Waals surface area contributed by atoms with E-state index in [0.717, 1.165) is 33.4 Å². The molecular formula is C13H12N4OS. The number of H-pyrrole nitrogens is 1. The third kappa shape index (κ3) is 2.22. The average Bonchev–Trinajstić information content (AvgIpc) is 3.07. The zero-order chi connectivity index (χ0) is 13.2. The molecular weight excluding hydrogens is 260 g/mol. The maximum atomic E-state index is 5.15. The highest BCUT2D eigenvalue weighted by atomic mass is 32.1. The van der Waals surface area contributed by atoms with Gasteiger partial charge < -0.3 is 4.74 Å². The number of hydrogen-bond donors (Lipinski definition) is 1. The fraction of sp³-hybridized carbons (Fsp3) is 0.154. The van der Waals surface area contributed by atoms with Crippen LogP contribution in [0.1, 0.15) is 5.69 Å². The fourth-order valence-corrected chi connectivity index (χ4v) is 2.58. The molecule has 0 radical (unpaired) electrons. The largest absolute Gasteiger partial charge is 0.497 e. The van der Waals surface area contributed by atoms with E-state index in [-0.39, 0.29) is 0 Å². The first-order valence-corrected chi connectivity index (χ1v) is 6.63. The molecule has 2 aromatic heterocycles. The van der Waals surface area contributed by atoms with Crippen LogP contribution < -0.4 is 4.74 Å². The van der Waals surface area contributed by atoms with E-state index in [4.69, 9.17) is 4.74 Å². The van der Waals surface area contributed by atoms with Crippen LogP contribution in [0.2, 0.25) is 0 Å². The Kier molecular flexibility index (Phi) is 3.00. The minimum absolute atomic E-state index is 0.781. The van der Waals surface area contributed by atoms with Crippen molar-refractivity contribution in [3.63, 3.8) is 0 Å². The van der Waals surface area contributed by atoms with Crippen molar-refractivity contribution in [3.8, 4) is 27.7 Å². The van der Waals surface area contributed by atoms with Crippen molar-refractivity contribution in [1.29, 1.82) is 0 Å². The molecule has 0 unspecified atom stereocenters.